The number of ether oxygens (including phenoxy) is 1. The Morgan fingerprint density at radius 2 is 1.73 bits per heavy atom. The predicted molar refractivity (Wildman–Crippen MR) is 90.1 cm³/mol. The van der Waals surface area contributed by atoms with E-state index in [1.165, 1.54) is 0 Å². The summed E-state index contributed by atoms with van der Waals surface area (Å²) in [6, 6.07) is 15.7. The van der Waals surface area contributed by atoms with Gasteiger partial charge in [0.2, 0.25) is 5.96 Å². The summed E-state index contributed by atoms with van der Waals surface area (Å²) < 4.78 is 5.56. The molecular formula is C16H19N5O. The van der Waals surface area contributed by atoms with E-state index in [0.29, 0.717) is 18.0 Å². The SMILES string of the molecule is CCOc1ccc(-c2ccccc2)cc1N=C(N)N=C(N)N. The van der Waals surface area contributed by atoms with E-state index < -0.39 is 0 Å². The summed E-state index contributed by atoms with van der Waals surface area (Å²) in [6.45, 7) is 2.42. The standard InChI is InChI=1S/C16H19N5O/c1-2-22-14-9-8-12(11-6-4-3-5-7-11)10-13(14)20-16(19)21-15(17)18/h3-10H,2H2,1H3,(H6,17,18,19,20,21). The number of aliphatic imine (C=N–C) groups is 2. The highest BCUT2D eigenvalue weighted by Crippen LogP contribution is 2.33. The van der Waals surface area contributed by atoms with Gasteiger partial charge in [0, 0.05) is 0 Å². The molecule has 0 aliphatic heterocycles. The van der Waals surface area contributed by atoms with Crippen LogP contribution in [-0.2, 0) is 0 Å². The summed E-state index contributed by atoms with van der Waals surface area (Å²) in [5.74, 6) is 0.459. The van der Waals surface area contributed by atoms with Gasteiger partial charge in [-0.2, -0.15) is 4.99 Å². The highest BCUT2D eigenvalue weighted by molar-refractivity contribution is 5.94. The monoisotopic (exact) mass is 297 g/mol. The molecule has 2 aromatic carbocycles. The molecule has 0 radical (unpaired) electrons. The Morgan fingerprint density at radius 3 is 2.36 bits per heavy atom. The van der Waals surface area contributed by atoms with Crippen molar-refractivity contribution in [2.24, 2.45) is 27.2 Å². The largest absolute Gasteiger partial charge is 0.492 e. The molecule has 6 N–H and O–H groups in total. The minimum Gasteiger partial charge on any atom is -0.492 e. The van der Waals surface area contributed by atoms with Crippen LogP contribution in [0, 0.1) is 0 Å². The number of guanidine groups is 2. The molecule has 0 bridgehead atoms. The van der Waals surface area contributed by atoms with Crippen LogP contribution in [0.15, 0.2) is 58.5 Å². The van der Waals surface area contributed by atoms with Gasteiger partial charge < -0.3 is 21.9 Å². The second-order valence-electron chi connectivity index (χ2n) is 4.49. The molecule has 6 heteroatoms. The molecule has 0 spiro atoms. The molecule has 2 aromatic rings. The van der Waals surface area contributed by atoms with Gasteiger partial charge in [-0.1, -0.05) is 36.4 Å². The van der Waals surface area contributed by atoms with Crippen molar-refractivity contribution in [2.75, 3.05) is 6.61 Å². The zero-order valence-electron chi connectivity index (χ0n) is 12.4. The smallest absolute Gasteiger partial charge is 0.223 e. The Kier molecular flexibility index (Phi) is 4.98. The third-order valence-electron chi connectivity index (χ3n) is 2.84. The van der Waals surface area contributed by atoms with Gasteiger partial charge in [-0.05, 0) is 30.2 Å². The second kappa shape index (κ2) is 7.12. The lowest BCUT2D eigenvalue weighted by Crippen LogP contribution is -2.26. The fourth-order valence-electron chi connectivity index (χ4n) is 1.97. The molecule has 22 heavy (non-hydrogen) atoms. The van der Waals surface area contributed by atoms with Crippen LogP contribution in [0.3, 0.4) is 0 Å². The van der Waals surface area contributed by atoms with Gasteiger partial charge in [0.05, 0.1) is 6.61 Å². The summed E-state index contributed by atoms with van der Waals surface area (Å²) in [5, 5.41) is 0. The molecule has 0 unspecified atom stereocenters. The Bertz CT molecular complexity index is 691. The molecule has 0 aliphatic rings. The summed E-state index contributed by atoms with van der Waals surface area (Å²) >= 11 is 0. The van der Waals surface area contributed by atoms with E-state index >= 15 is 0 Å². The van der Waals surface area contributed by atoms with Crippen molar-refractivity contribution >= 4 is 17.6 Å². The van der Waals surface area contributed by atoms with E-state index in [1.54, 1.807) is 0 Å². The van der Waals surface area contributed by atoms with Crippen LogP contribution in [0.2, 0.25) is 0 Å². The lowest BCUT2D eigenvalue weighted by Gasteiger charge is -2.09. The fraction of sp³-hybridized carbons (Fsp3) is 0.125. The normalized spacial score (nSPS) is 11.0. The summed E-state index contributed by atoms with van der Waals surface area (Å²) in [7, 11) is 0. The average Bonchev–Trinajstić information content (AvgIpc) is 2.49. The van der Waals surface area contributed by atoms with Crippen LogP contribution >= 0.6 is 0 Å². The summed E-state index contributed by atoms with van der Waals surface area (Å²) in [6.07, 6.45) is 0. The number of nitrogens with two attached hydrogens (primary N) is 3. The molecular weight excluding hydrogens is 278 g/mol. The quantitative estimate of drug-likeness (QED) is 0.591. The van der Waals surface area contributed by atoms with Crippen molar-refractivity contribution in [3.63, 3.8) is 0 Å². The highest BCUT2D eigenvalue weighted by atomic mass is 16.5. The molecule has 0 atom stereocenters. The predicted octanol–water partition coefficient (Wildman–Crippen LogP) is 1.97. The Balaban J connectivity index is 2.47. The third kappa shape index (κ3) is 3.99. The zero-order chi connectivity index (χ0) is 15.9. The van der Waals surface area contributed by atoms with E-state index in [9.17, 15) is 0 Å². The topological polar surface area (TPSA) is 112 Å². The van der Waals surface area contributed by atoms with Crippen LogP contribution < -0.4 is 21.9 Å². The van der Waals surface area contributed by atoms with E-state index in [-0.39, 0.29) is 11.9 Å². The maximum Gasteiger partial charge on any atom is 0.223 e. The van der Waals surface area contributed by atoms with Crippen molar-refractivity contribution in [2.45, 2.75) is 6.92 Å². The second-order valence-corrected chi connectivity index (χ2v) is 4.49. The van der Waals surface area contributed by atoms with Gasteiger partial charge in [0.1, 0.15) is 11.4 Å². The third-order valence-corrected chi connectivity index (χ3v) is 2.84. The molecule has 114 valence electrons. The molecule has 0 aromatic heterocycles. The number of benzene rings is 2. The van der Waals surface area contributed by atoms with Gasteiger partial charge in [0.25, 0.3) is 0 Å². The molecule has 0 fully saturated rings. The minimum atomic E-state index is -0.140. The van der Waals surface area contributed by atoms with Crippen LogP contribution in [-0.4, -0.2) is 18.5 Å². The first-order chi connectivity index (χ1) is 10.6. The number of hydrogen-bond donors (Lipinski definition) is 3. The van der Waals surface area contributed by atoms with Gasteiger partial charge in [-0.25, -0.2) is 4.99 Å². The molecule has 0 saturated carbocycles. The average molecular weight is 297 g/mol. The number of nitrogens with zero attached hydrogens (tertiary/aromatic N) is 2. The van der Waals surface area contributed by atoms with Crippen LogP contribution in [0.1, 0.15) is 6.92 Å². The molecule has 0 saturated heterocycles. The highest BCUT2D eigenvalue weighted by Gasteiger charge is 2.06. The molecule has 0 aliphatic carbocycles. The Morgan fingerprint density at radius 1 is 1.00 bits per heavy atom. The van der Waals surface area contributed by atoms with E-state index in [4.69, 9.17) is 21.9 Å². The van der Waals surface area contributed by atoms with Crippen LogP contribution in [0.25, 0.3) is 11.1 Å². The maximum absolute atomic E-state index is 5.71. The van der Waals surface area contributed by atoms with E-state index in [0.717, 1.165) is 11.1 Å². The number of rotatable bonds is 4. The molecule has 6 nitrogen and oxygen atoms in total. The van der Waals surface area contributed by atoms with Gasteiger partial charge in [-0.3, -0.25) is 0 Å². The Labute approximate surface area is 129 Å². The lowest BCUT2D eigenvalue weighted by atomic mass is 10.0. The first-order valence-electron chi connectivity index (χ1n) is 6.86. The lowest BCUT2D eigenvalue weighted by molar-refractivity contribution is 0.341. The van der Waals surface area contributed by atoms with E-state index in [1.807, 2.05) is 55.5 Å². The maximum atomic E-state index is 5.71. The molecule has 0 amide bonds. The number of hydrogen-bond acceptors (Lipinski definition) is 2. The van der Waals surface area contributed by atoms with Gasteiger partial charge in [0.15, 0.2) is 5.96 Å². The first-order valence-corrected chi connectivity index (χ1v) is 6.86. The van der Waals surface area contributed by atoms with E-state index in [2.05, 4.69) is 9.98 Å². The van der Waals surface area contributed by atoms with Crippen LogP contribution in [0.5, 0.6) is 5.75 Å². The van der Waals surface area contributed by atoms with Crippen molar-refractivity contribution in [3.8, 4) is 16.9 Å². The Hall–Kier alpha value is -3.02. The molecule has 2 rings (SSSR count). The summed E-state index contributed by atoms with van der Waals surface area (Å²) in [5.41, 5.74) is 19.0. The van der Waals surface area contributed by atoms with Crippen molar-refractivity contribution in [1.29, 1.82) is 0 Å². The van der Waals surface area contributed by atoms with Crippen molar-refractivity contribution < 1.29 is 4.74 Å². The van der Waals surface area contributed by atoms with Crippen LogP contribution in [0.4, 0.5) is 5.69 Å². The zero-order valence-corrected chi connectivity index (χ0v) is 12.4. The van der Waals surface area contributed by atoms with Crippen molar-refractivity contribution in [1.82, 2.24) is 0 Å². The minimum absolute atomic E-state index is 0.0221. The summed E-state index contributed by atoms with van der Waals surface area (Å²) in [4.78, 5) is 7.95. The van der Waals surface area contributed by atoms with Crippen molar-refractivity contribution in [3.05, 3.63) is 48.5 Å². The van der Waals surface area contributed by atoms with Gasteiger partial charge >= 0.3 is 0 Å². The van der Waals surface area contributed by atoms with Gasteiger partial charge in [-0.15, -0.1) is 0 Å². The molecule has 0 heterocycles. The first kappa shape index (κ1) is 15.4. The fourth-order valence-corrected chi connectivity index (χ4v) is 1.97.